The van der Waals surface area contributed by atoms with Crippen LogP contribution in [-0.4, -0.2) is 165 Å². The molecule has 8 aromatic rings. The minimum absolute atomic E-state index is 0. The summed E-state index contributed by atoms with van der Waals surface area (Å²) in [6.45, 7) is 7.95. The van der Waals surface area contributed by atoms with Crippen molar-refractivity contribution in [3.8, 4) is 0 Å². The van der Waals surface area contributed by atoms with Crippen molar-refractivity contribution in [2.45, 2.75) is 102 Å². The second-order valence-electron chi connectivity index (χ2n) is 22.1. The van der Waals surface area contributed by atoms with Crippen molar-refractivity contribution in [3.05, 3.63) is 173 Å². The average molecular weight is 1260 g/mol. The molecule has 0 radical (unpaired) electrons. The number of aromatic nitrogens is 8. The Balaban J connectivity index is 0.000000223. The van der Waals surface area contributed by atoms with Crippen LogP contribution in [0.25, 0.3) is 27.0 Å². The molecule has 87 heavy (non-hydrogen) atoms. The fourth-order valence-corrected chi connectivity index (χ4v) is 13.1. The van der Waals surface area contributed by atoms with Crippen LogP contribution in [0.2, 0.25) is 0 Å². The van der Waals surface area contributed by atoms with E-state index in [9.17, 15) is 37.3 Å². The summed E-state index contributed by atoms with van der Waals surface area (Å²) in [4.78, 5) is 27.6. The van der Waals surface area contributed by atoms with Gasteiger partial charge in [0.15, 0.2) is 46.4 Å². The van der Waals surface area contributed by atoms with Crippen molar-refractivity contribution in [2.75, 3.05) is 62.7 Å². The van der Waals surface area contributed by atoms with Gasteiger partial charge in [0.05, 0.1) is 48.2 Å². The summed E-state index contributed by atoms with van der Waals surface area (Å²) in [6, 6.07) is 40.4. The van der Waals surface area contributed by atoms with Crippen molar-refractivity contribution in [2.24, 2.45) is 11.8 Å². The molecular formula is C60H75KN12O12S2. The number of nitrogens with zero attached hydrogens (tertiary/aromatic N) is 9. The molecule has 4 aromatic carbocycles. The van der Waals surface area contributed by atoms with Gasteiger partial charge in [-0.3, -0.25) is 9.13 Å². The van der Waals surface area contributed by atoms with Gasteiger partial charge in [-0.1, -0.05) is 156 Å². The maximum atomic E-state index is 12.6. The molecule has 2 aliphatic rings. The Morgan fingerprint density at radius 1 is 0.552 bits per heavy atom. The Hall–Kier alpha value is -5.28. The first-order valence-electron chi connectivity index (χ1n) is 28.4. The number of nitrogens with one attached hydrogen (secondary N) is 3. The van der Waals surface area contributed by atoms with Gasteiger partial charge in [-0.15, -0.1) is 0 Å². The molecule has 27 heteroatoms. The number of aliphatic hydroxyl groups is 4. The summed E-state index contributed by atoms with van der Waals surface area (Å²) in [5, 5.41) is 49.5. The number of ether oxygens (including phenoxy) is 4. The van der Waals surface area contributed by atoms with E-state index in [2.05, 4.69) is 98.5 Å². The number of aliphatic hydroxyl groups excluding tert-OH is 4. The summed E-state index contributed by atoms with van der Waals surface area (Å²) in [5.41, 5.74) is 5.86. The van der Waals surface area contributed by atoms with Gasteiger partial charge < -0.3 is 54.7 Å². The first-order chi connectivity index (χ1) is 41.3. The van der Waals surface area contributed by atoms with Crippen LogP contribution in [0.4, 0.5) is 11.6 Å². The van der Waals surface area contributed by atoms with Crippen LogP contribution in [0, 0.1) is 11.8 Å². The summed E-state index contributed by atoms with van der Waals surface area (Å²) in [6.07, 6.45) is -5.47. The van der Waals surface area contributed by atoms with E-state index in [0.717, 1.165) is 22.3 Å². The summed E-state index contributed by atoms with van der Waals surface area (Å²) >= 11 is 0. The molecule has 0 bridgehead atoms. The van der Waals surface area contributed by atoms with Crippen LogP contribution in [0.3, 0.4) is 0 Å². The van der Waals surface area contributed by atoms with Gasteiger partial charge in [0.2, 0.25) is 10.0 Å². The zero-order valence-corrected chi connectivity index (χ0v) is 54.4. The molecular weight excluding hydrogens is 1180 g/mol. The number of fused-ring (bicyclic) bond motifs is 2. The van der Waals surface area contributed by atoms with Crippen molar-refractivity contribution in [1.29, 1.82) is 0 Å². The van der Waals surface area contributed by atoms with E-state index >= 15 is 0 Å². The minimum Gasteiger partial charge on any atom is -0.543 e. The normalized spacial score (nSPS) is 20.6. The Labute approximate surface area is 549 Å². The molecule has 6 heterocycles. The topological polar surface area (TPSA) is 324 Å². The smallest absolute Gasteiger partial charge is 0.543 e. The number of methoxy groups -OCH3 is 2. The zero-order valence-electron chi connectivity index (χ0n) is 49.7. The standard InChI is InChI=1S/C30H38N6O6S.C30H37N6O6S.K/c2*1-19(2)17-43(39,40)33-15-24-34-28(31-14-22(20-10-6-4-7-11-20)21-12-8-5-9-13-21)25-29(35-24)36(18-32-25)30-27(38)26(37)23(42-30)16-41-3;/h4-13,18-19,22-23,26-27,30,33,37-38H,14-17H2,1-3H3,(H,31,34,35);4-13,18-19,22-23,26-27,30,37-38H,14-17H2,1-3H3,(H,31,34,35);/q;-1;+1/t2*23-,26-,27-,30-;/m11./s1. The van der Waals surface area contributed by atoms with E-state index in [-0.39, 0.29) is 125 Å². The third-order valence-corrected chi connectivity index (χ3v) is 17.8. The maximum absolute atomic E-state index is 12.6. The Bertz CT molecular complexity index is 3370. The van der Waals surface area contributed by atoms with Crippen LogP contribution in [0.15, 0.2) is 134 Å². The summed E-state index contributed by atoms with van der Waals surface area (Å²) in [5.74, 6) is 0.837. The predicted molar refractivity (Wildman–Crippen MR) is 324 cm³/mol. The van der Waals surface area contributed by atoms with Gasteiger partial charge in [0.25, 0.3) is 0 Å². The van der Waals surface area contributed by atoms with E-state index in [4.69, 9.17) is 18.9 Å². The van der Waals surface area contributed by atoms with Gasteiger partial charge in [0.1, 0.15) is 48.3 Å². The number of imidazole rings is 2. The molecule has 2 saturated heterocycles. The largest absolute Gasteiger partial charge is 1.00 e. The molecule has 8 atom stereocenters. The van der Waals surface area contributed by atoms with Gasteiger partial charge >= 0.3 is 51.4 Å². The number of anilines is 2. The molecule has 460 valence electrons. The predicted octanol–water partition coefficient (Wildman–Crippen LogP) is 2.61. The SMILES string of the molecule is COC[C@H]1O[C@@H](n2cnc3c(NCC(c4ccccc4)c4ccccc4)nc(CNS(=O)(=O)CC(C)C)nc32)[C@H](O)[C@@H]1O.COC[C@H]1O[C@@H](n2cnc3c(NCC(c4ccccc4)c4ccccc4)nc(C[N-]S(=O)(=O)CC(C)C)nc32)[C@H](O)[C@@H]1O.[K+]. The van der Waals surface area contributed by atoms with Crippen molar-refractivity contribution < 1.29 is 108 Å². The summed E-state index contributed by atoms with van der Waals surface area (Å²) < 4.78 is 82.0. The first kappa shape index (κ1) is 67.6. The Morgan fingerprint density at radius 3 is 1.31 bits per heavy atom. The zero-order chi connectivity index (χ0) is 61.1. The van der Waals surface area contributed by atoms with Gasteiger partial charge in [-0.05, 0) is 34.1 Å². The second-order valence-corrected chi connectivity index (χ2v) is 25.7. The molecule has 0 spiro atoms. The number of sulfonamides is 2. The molecule has 10 rings (SSSR count). The van der Waals surface area contributed by atoms with Gasteiger partial charge in [0, 0.05) is 44.9 Å². The monoisotopic (exact) mass is 1260 g/mol. The number of hydrogen-bond acceptors (Lipinski definition) is 20. The number of rotatable bonds is 26. The molecule has 2 fully saturated rings. The van der Waals surface area contributed by atoms with Gasteiger partial charge in [-0.2, -0.15) is 0 Å². The van der Waals surface area contributed by atoms with Crippen LogP contribution < -0.4 is 66.7 Å². The third-order valence-electron chi connectivity index (χ3n) is 14.5. The van der Waals surface area contributed by atoms with Crippen molar-refractivity contribution >= 4 is 54.0 Å². The first-order valence-corrected chi connectivity index (χ1v) is 31.6. The summed E-state index contributed by atoms with van der Waals surface area (Å²) in [7, 11) is -4.30. The quantitative estimate of drug-likeness (QED) is 0.0383. The molecule has 0 aliphatic carbocycles. The van der Waals surface area contributed by atoms with Crippen LogP contribution in [-0.2, 0) is 52.1 Å². The van der Waals surface area contributed by atoms with Gasteiger partial charge in [-0.25, -0.2) is 51.5 Å². The second kappa shape index (κ2) is 31.0. The molecule has 0 saturated carbocycles. The van der Waals surface area contributed by atoms with E-state index in [1.54, 1.807) is 0 Å². The minimum atomic E-state index is -3.69. The Kier molecular flexibility index (Phi) is 24.1. The van der Waals surface area contributed by atoms with E-state index in [0.29, 0.717) is 47.1 Å². The Morgan fingerprint density at radius 2 is 0.931 bits per heavy atom. The molecule has 0 unspecified atom stereocenters. The van der Waals surface area contributed by atoms with Crippen LogP contribution in [0.5, 0.6) is 0 Å². The van der Waals surface area contributed by atoms with Crippen LogP contribution in [0.1, 0.15) is 85.9 Å². The molecule has 4 aromatic heterocycles. The average Bonchev–Trinajstić information content (AvgIpc) is 1.69. The molecule has 0 amide bonds. The third kappa shape index (κ3) is 17.2. The van der Waals surface area contributed by atoms with Crippen molar-refractivity contribution in [3.63, 3.8) is 0 Å². The number of hydrogen-bond donors (Lipinski definition) is 7. The van der Waals surface area contributed by atoms with Crippen molar-refractivity contribution in [1.82, 2.24) is 43.8 Å². The molecule has 24 nitrogen and oxygen atoms in total. The van der Waals surface area contributed by atoms with E-state index in [1.807, 2.05) is 100 Å². The molecule has 2 aliphatic heterocycles. The maximum Gasteiger partial charge on any atom is 1.00 e. The van der Waals surface area contributed by atoms with E-state index < -0.39 is 69.1 Å². The fourth-order valence-electron chi connectivity index (χ4n) is 10.5. The number of benzene rings is 4. The fraction of sp³-hybridized carbons (Fsp3) is 0.433. The molecule has 7 N–H and O–H groups in total. The van der Waals surface area contributed by atoms with E-state index in [1.165, 1.54) is 36.0 Å². The van der Waals surface area contributed by atoms with Crippen LogP contribution >= 0.6 is 0 Å².